The van der Waals surface area contributed by atoms with Gasteiger partial charge in [-0.15, -0.1) is 0 Å². The summed E-state index contributed by atoms with van der Waals surface area (Å²) in [7, 11) is -0.467. The molecule has 2 saturated heterocycles. The molecule has 6 rings (SSSR count). The zero-order chi connectivity index (χ0) is 27.3. The number of nitrogens with one attached hydrogen (secondary N) is 1. The van der Waals surface area contributed by atoms with Gasteiger partial charge in [0, 0.05) is 27.6 Å². The first kappa shape index (κ1) is 25.6. The van der Waals surface area contributed by atoms with Gasteiger partial charge in [-0.2, -0.15) is 0 Å². The Bertz CT molecular complexity index is 1440. The van der Waals surface area contributed by atoms with Crippen LogP contribution in [0.3, 0.4) is 0 Å². The number of hydrogen-bond donors (Lipinski definition) is 1. The minimum absolute atomic E-state index is 0.0183. The fraction of sp³-hybridized carbons (Fsp3) is 0.500. The Balaban J connectivity index is 1.32. The van der Waals surface area contributed by atoms with E-state index >= 15 is 0 Å². The molecule has 2 aliphatic heterocycles. The Hall–Kier alpha value is -2.65. The lowest BCUT2D eigenvalue weighted by Crippen LogP contribution is -2.41. The molecule has 2 fully saturated rings. The largest absolute Gasteiger partial charge is 0.494 e. The monoisotopic (exact) mass is 517 g/mol. The Morgan fingerprint density at radius 1 is 0.974 bits per heavy atom. The predicted octanol–water partition coefficient (Wildman–Crippen LogP) is 4.87. The molecule has 3 heterocycles. The maximum atomic E-state index is 13.8. The molecule has 1 aliphatic carbocycles. The molecule has 1 atom stereocenters. The van der Waals surface area contributed by atoms with E-state index in [1.165, 1.54) is 0 Å². The van der Waals surface area contributed by atoms with Crippen molar-refractivity contribution in [3.05, 3.63) is 58.8 Å². The van der Waals surface area contributed by atoms with E-state index in [2.05, 4.69) is 18.8 Å². The molecule has 1 unspecified atom stereocenters. The summed E-state index contributed by atoms with van der Waals surface area (Å²) >= 11 is 0. The molecule has 1 aromatic heterocycles. The first-order valence-corrected chi connectivity index (χ1v) is 13.3. The summed E-state index contributed by atoms with van der Waals surface area (Å²) < 4.78 is 30.1. The van der Waals surface area contributed by atoms with E-state index in [0.717, 1.165) is 33.2 Å². The fourth-order valence-electron chi connectivity index (χ4n) is 5.68. The third-order valence-electron chi connectivity index (χ3n) is 8.61. The van der Waals surface area contributed by atoms with E-state index < -0.39 is 29.5 Å². The van der Waals surface area contributed by atoms with Gasteiger partial charge in [0.25, 0.3) is 0 Å². The van der Waals surface area contributed by atoms with Crippen LogP contribution in [0.5, 0.6) is 5.75 Å². The molecule has 0 radical (unpaired) electrons. The summed E-state index contributed by atoms with van der Waals surface area (Å²) in [6.07, 6.45) is -0.130. The van der Waals surface area contributed by atoms with Gasteiger partial charge in [-0.05, 0) is 76.8 Å². The van der Waals surface area contributed by atoms with Gasteiger partial charge in [-0.25, -0.2) is 0 Å². The Kier molecular flexibility index (Phi) is 5.52. The topological polar surface area (TPSA) is 79.0 Å². The van der Waals surface area contributed by atoms with Crippen molar-refractivity contribution >= 4 is 29.3 Å². The minimum Gasteiger partial charge on any atom is -0.491 e. The van der Waals surface area contributed by atoms with Crippen molar-refractivity contribution in [3.8, 4) is 5.75 Å². The number of hydrogen-bond acceptors (Lipinski definition) is 6. The normalized spacial score (nSPS) is 24.5. The van der Waals surface area contributed by atoms with E-state index in [4.69, 9.17) is 23.5 Å². The van der Waals surface area contributed by atoms with Crippen LogP contribution >= 0.6 is 0 Å². The molecule has 2 aromatic carbocycles. The highest BCUT2D eigenvalue weighted by molar-refractivity contribution is 6.62. The number of ether oxygens (including phenoxy) is 3. The molecular formula is C30H36BNO6. The third-order valence-corrected chi connectivity index (χ3v) is 8.61. The van der Waals surface area contributed by atoms with Crippen LogP contribution < -0.4 is 10.2 Å². The number of ketones is 1. The van der Waals surface area contributed by atoms with Crippen LogP contribution in [-0.4, -0.2) is 54.2 Å². The molecule has 200 valence electrons. The van der Waals surface area contributed by atoms with Gasteiger partial charge in [0.15, 0.2) is 11.6 Å². The highest BCUT2D eigenvalue weighted by atomic mass is 16.7. The van der Waals surface area contributed by atoms with Crippen molar-refractivity contribution in [1.82, 2.24) is 4.98 Å². The molecule has 38 heavy (non-hydrogen) atoms. The second-order valence-corrected chi connectivity index (χ2v) is 12.7. The standard InChI is InChI=1S/C30H36BNO6/c1-27(2)22-14-18(34-15-19-16-35-30(7,8)36-19)10-12-20(22)25(33)24-21-11-9-17(13-23(21)32-26(24)27)31-37-28(3,4)29(5,6)38-31/h9-14,19,32H,15-16H2,1-8H3. The zero-order valence-electron chi connectivity index (χ0n) is 23.5. The second kappa shape index (κ2) is 8.18. The Morgan fingerprint density at radius 2 is 1.68 bits per heavy atom. The SMILES string of the molecule is CC1(C)OCC(COc2ccc3c(c2)C(C)(C)c2[nH]c4cc(B5OC(C)(C)C(C)(C)O5)ccc4c2C3=O)O1. The van der Waals surface area contributed by atoms with E-state index in [-0.39, 0.29) is 11.9 Å². The van der Waals surface area contributed by atoms with Crippen molar-refractivity contribution < 1.29 is 28.3 Å². The summed E-state index contributed by atoms with van der Waals surface area (Å²) in [6.45, 7) is 17.1. The summed E-state index contributed by atoms with van der Waals surface area (Å²) in [5, 5.41) is 0.908. The minimum atomic E-state index is -0.591. The number of rotatable bonds is 4. The van der Waals surface area contributed by atoms with Crippen molar-refractivity contribution in [2.24, 2.45) is 0 Å². The summed E-state index contributed by atoms with van der Waals surface area (Å²) in [5.74, 6) is 0.136. The fourth-order valence-corrected chi connectivity index (χ4v) is 5.68. The first-order chi connectivity index (χ1) is 17.7. The number of carbonyl (C=O) groups excluding carboxylic acids is 1. The van der Waals surface area contributed by atoms with Gasteiger partial charge in [0.1, 0.15) is 18.5 Å². The van der Waals surface area contributed by atoms with Crippen LogP contribution in [-0.2, 0) is 24.2 Å². The van der Waals surface area contributed by atoms with Crippen molar-refractivity contribution in [3.63, 3.8) is 0 Å². The molecule has 1 N–H and O–H groups in total. The van der Waals surface area contributed by atoms with Crippen molar-refractivity contribution in [2.45, 2.75) is 83.9 Å². The van der Waals surface area contributed by atoms with Crippen LogP contribution in [0.1, 0.15) is 82.6 Å². The van der Waals surface area contributed by atoms with E-state index in [9.17, 15) is 4.79 Å². The molecule has 7 nitrogen and oxygen atoms in total. The number of carbonyl (C=O) groups is 1. The lowest BCUT2D eigenvalue weighted by atomic mass is 9.71. The van der Waals surface area contributed by atoms with Gasteiger partial charge < -0.3 is 28.5 Å². The highest BCUT2D eigenvalue weighted by Crippen LogP contribution is 2.45. The van der Waals surface area contributed by atoms with Crippen LogP contribution in [0.15, 0.2) is 36.4 Å². The maximum absolute atomic E-state index is 13.8. The van der Waals surface area contributed by atoms with Crippen LogP contribution in [0.4, 0.5) is 0 Å². The quantitative estimate of drug-likeness (QED) is 0.498. The molecular weight excluding hydrogens is 481 g/mol. The lowest BCUT2D eigenvalue weighted by molar-refractivity contribution is -0.141. The molecule has 0 spiro atoms. The Labute approximate surface area is 224 Å². The second-order valence-electron chi connectivity index (χ2n) is 12.7. The van der Waals surface area contributed by atoms with Gasteiger partial charge in [0.2, 0.25) is 0 Å². The number of aromatic amines is 1. The van der Waals surface area contributed by atoms with Crippen LogP contribution in [0.2, 0.25) is 0 Å². The van der Waals surface area contributed by atoms with Gasteiger partial charge in [-0.3, -0.25) is 4.79 Å². The van der Waals surface area contributed by atoms with Gasteiger partial charge in [-0.1, -0.05) is 26.0 Å². The summed E-state index contributed by atoms with van der Waals surface area (Å²) in [4.78, 5) is 17.4. The molecule has 0 bridgehead atoms. The number of benzene rings is 2. The third kappa shape index (κ3) is 3.92. The molecule has 3 aromatic rings. The van der Waals surface area contributed by atoms with Crippen molar-refractivity contribution in [2.75, 3.05) is 13.2 Å². The Morgan fingerprint density at radius 3 is 2.34 bits per heavy atom. The number of H-pyrrole nitrogens is 1. The number of fused-ring (bicyclic) bond motifs is 4. The summed E-state index contributed by atoms with van der Waals surface area (Å²) in [5.41, 5.74) is 3.82. The van der Waals surface area contributed by atoms with E-state index in [1.807, 2.05) is 77.9 Å². The average molecular weight is 517 g/mol. The average Bonchev–Trinajstić information content (AvgIpc) is 3.46. The summed E-state index contributed by atoms with van der Waals surface area (Å²) in [6, 6.07) is 11.8. The zero-order valence-corrected chi connectivity index (χ0v) is 23.5. The van der Waals surface area contributed by atoms with Crippen LogP contribution in [0, 0.1) is 0 Å². The molecule has 0 amide bonds. The van der Waals surface area contributed by atoms with E-state index in [1.54, 1.807) is 0 Å². The maximum Gasteiger partial charge on any atom is 0.494 e. The predicted molar refractivity (Wildman–Crippen MR) is 146 cm³/mol. The van der Waals surface area contributed by atoms with E-state index in [0.29, 0.717) is 24.5 Å². The highest BCUT2D eigenvalue weighted by Gasteiger charge is 2.52. The molecule has 3 aliphatic rings. The number of aromatic nitrogens is 1. The van der Waals surface area contributed by atoms with Gasteiger partial charge >= 0.3 is 7.12 Å². The van der Waals surface area contributed by atoms with Crippen molar-refractivity contribution in [1.29, 1.82) is 0 Å². The van der Waals surface area contributed by atoms with Gasteiger partial charge in [0.05, 0.1) is 23.4 Å². The molecule has 0 saturated carbocycles. The molecule has 8 heteroatoms. The van der Waals surface area contributed by atoms with Crippen LogP contribution in [0.25, 0.3) is 10.9 Å². The lowest BCUT2D eigenvalue weighted by Gasteiger charge is -2.32. The smallest absolute Gasteiger partial charge is 0.491 e. The first-order valence-electron chi connectivity index (χ1n) is 13.3.